The molecule has 3 aromatic carbocycles. The normalized spacial score (nSPS) is 18.5. The molecule has 2 N–H and O–H groups in total. The third kappa shape index (κ3) is 9.42. The van der Waals surface area contributed by atoms with E-state index in [1.165, 1.54) is 12.7 Å². The zero-order valence-corrected chi connectivity index (χ0v) is 30.8. The zero-order valence-electron chi connectivity index (χ0n) is 29.8. The van der Waals surface area contributed by atoms with E-state index >= 15 is 0 Å². The van der Waals surface area contributed by atoms with Gasteiger partial charge in [0.05, 0.1) is 26.8 Å². The van der Waals surface area contributed by atoms with Gasteiger partial charge in [0.2, 0.25) is 11.8 Å². The Morgan fingerprint density at radius 3 is 2.22 bits per heavy atom. The fourth-order valence-corrected chi connectivity index (χ4v) is 9.55. The Morgan fingerprint density at radius 1 is 0.940 bits per heavy atom. The van der Waals surface area contributed by atoms with Crippen LogP contribution >= 0.6 is 0 Å². The van der Waals surface area contributed by atoms with Gasteiger partial charge in [-0.1, -0.05) is 61.3 Å². The number of amides is 3. The standard InChI is InChI=1S/C40H47N3O6Si/c1-40(2,3)49-39(47)42-34(24-29-18-16-27(17-19-29)14-15-28-20-22-31(23-21-28)38(46)48-4)37(45)43-26-50(5,6)25-35(43)36(44)41-33-13-9-11-30-10-7-8-12-32(30)33/h7-8,10,12,16-23,33-35H,9,11,13,24-26H2,1-6H3,(H,41,44)(H,42,47)/t33?,34?,35-/m0/s1. The minimum atomic E-state index is -1.94. The summed E-state index contributed by atoms with van der Waals surface area (Å²) in [6.07, 6.45) is 2.89. The molecule has 0 saturated carbocycles. The fourth-order valence-electron chi connectivity index (χ4n) is 6.67. The number of rotatable bonds is 7. The van der Waals surface area contributed by atoms with Crippen LogP contribution in [0.1, 0.15) is 77.8 Å². The van der Waals surface area contributed by atoms with Gasteiger partial charge in [-0.2, -0.15) is 0 Å². The van der Waals surface area contributed by atoms with Crippen molar-refractivity contribution in [1.82, 2.24) is 15.5 Å². The molecule has 0 aromatic heterocycles. The van der Waals surface area contributed by atoms with Gasteiger partial charge in [0.1, 0.15) is 17.7 Å². The Hall–Kier alpha value is -4.88. The van der Waals surface area contributed by atoms with Crippen LogP contribution in [0, 0.1) is 11.8 Å². The van der Waals surface area contributed by atoms with Crippen LogP contribution in [0.4, 0.5) is 4.79 Å². The lowest BCUT2D eigenvalue weighted by molar-refractivity contribution is -0.140. The summed E-state index contributed by atoms with van der Waals surface area (Å²) in [6, 6.07) is 21.6. The molecule has 262 valence electrons. The molecule has 1 aliphatic heterocycles. The number of fused-ring (bicyclic) bond motifs is 1. The highest BCUT2D eigenvalue weighted by Crippen LogP contribution is 2.32. The second-order valence-corrected chi connectivity index (χ2v) is 20.0. The van der Waals surface area contributed by atoms with E-state index in [-0.39, 0.29) is 24.3 Å². The van der Waals surface area contributed by atoms with E-state index < -0.39 is 37.8 Å². The highest BCUT2D eigenvalue weighted by Gasteiger charge is 2.47. The third-order valence-corrected chi connectivity index (χ3v) is 11.7. The van der Waals surface area contributed by atoms with E-state index in [1.807, 2.05) is 36.4 Å². The van der Waals surface area contributed by atoms with Crippen molar-refractivity contribution in [1.29, 1.82) is 0 Å². The number of carbonyl (C=O) groups is 4. The van der Waals surface area contributed by atoms with Crippen LogP contribution in [0.3, 0.4) is 0 Å². The van der Waals surface area contributed by atoms with Crippen LogP contribution in [0.5, 0.6) is 0 Å². The number of methoxy groups -OCH3 is 1. The van der Waals surface area contributed by atoms with E-state index in [0.717, 1.165) is 41.5 Å². The number of hydrogen-bond acceptors (Lipinski definition) is 6. The highest BCUT2D eigenvalue weighted by atomic mass is 28.3. The summed E-state index contributed by atoms with van der Waals surface area (Å²) in [5.74, 6) is 5.38. The van der Waals surface area contributed by atoms with Crippen molar-refractivity contribution < 1.29 is 28.7 Å². The molecule has 1 fully saturated rings. The number of hydrogen-bond donors (Lipinski definition) is 2. The Labute approximate surface area is 296 Å². The number of ether oxygens (including phenoxy) is 2. The Morgan fingerprint density at radius 2 is 1.58 bits per heavy atom. The van der Waals surface area contributed by atoms with Gasteiger partial charge in [0.25, 0.3) is 0 Å². The first kappa shape index (κ1) is 36.4. The average Bonchev–Trinajstić information content (AvgIpc) is 3.42. The highest BCUT2D eigenvalue weighted by molar-refractivity contribution is 6.79. The van der Waals surface area contributed by atoms with Crippen molar-refractivity contribution >= 4 is 32.0 Å². The molecule has 3 aromatic rings. The van der Waals surface area contributed by atoms with E-state index in [1.54, 1.807) is 49.9 Å². The Balaban J connectivity index is 1.33. The second kappa shape index (κ2) is 15.3. The van der Waals surface area contributed by atoms with Gasteiger partial charge in [0, 0.05) is 23.7 Å². The van der Waals surface area contributed by atoms with E-state index in [4.69, 9.17) is 9.47 Å². The molecule has 1 heterocycles. The number of nitrogens with zero attached hydrogens (tertiary/aromatic N) is 1. The van der Waals surface area contributed by atoms with Gasteiger partial charge in [-0.05, 0) is 99.2 Å². The Kier molecular flexibility index (Phi) is 11.2. The summed E-state index contributed by atoms with van der Waals surface area (Å²) in [7, 11) is -0.598. The van der Waals surface area contributed by atoms with Crippen LogP contribution in [0.15, 0.2) is 72.8 Å². The smallest absolute Gasteiger partial charge is 0.408 e. The number of esters is 1. The molecule has 2 unspecified atom stereocenters. The number of alkyl carbamates (subject to hydrolysis) is 1. The third-order valence-electron chi connectivity index (χ3n) is 9.03. The minimum absolute atomic E-state index is 0.0914. The molecule has 1 saturated heterocycles. The molecular weight excluding hydrogens is 647 g/mol. The molecule has 3 amide bonds. The summed E-state index contributed by atoms with van der Waals surface area (Å²) < 4.78 is 10.3. The van der Waals surface area contributed by atoms with Crippen molar-refractivity contribution in [3.63, 3.8) is 0 Å². The fraction of sp³-hybridized carbons (Fsp3) is 0.400. The SMILES string of the molecule is COC(=O)c1ccc(C#Cc2ccc(CC(NC(=O)OC(C)(C)C)C(=O)N3C[Si](C)(C)C[C@H]3C(=O)NC3CCCc4ccccc43)cc2)cc1. The quantitative estimate of drug-likeness (QED) is 0.179. The van der Waals surface area contributed by atoms with Crippen molar-refractivity contribution in [2.75, 3.05) is 13.3 Å². The van der Waals surface area contributed by atoms with Crippen molar-refractivity contribution in [2.24, 2.45) is 0 Å². The molecule has 10 heteroatoms. The van der Waals surface area contributed by atoms with Crippen LogP contribution < -0.4 is 10.6 Å². The van der Waals surface area contributed by atoms with Gasteiger partial charge in [-0.15, -0.1) is 0 Å². The van der Waals surface area contributed by atoms with Crippen LogP contribution in [-0.4, -0.2) is 67.8 Å². The molecule has 1 aliphatic carbocycles. The first-order chi connectivity index (χ1) is 23.7. The molecule has 2 aliphatic rings. The second-order valence-electron chi connectivity index (χ2n) is 14.9. The van der Waals surface area contributed by atoms with Crippen LogP contribution in [0.2, 0.25) is 19.1 Å². The molecular formula is C40H47N3O6Si. The van der Waals surface area contributed by atoms with E-state index in [2.05, 4.69) is 47.7 Å². The maximum Gasteiger partial charge on any atom is 0.408 e. The number of carbonyl (C=O) groups excluding carboxylic acids is 4. The monoisotopic (exact) mass is 693 g/mol. The summed E-state index contributed by atoms with van der Waals surface area (Å²) in [6.45, 7) is 9.71. The zero-order chi connectivity index (χ0) is 36.1. The lowest BCUT2D eigenvalue weighted by Gasteiger charge is -2.32. The van der Waals surface area contributed by atoms with E-state index in [9.17, 15) is 19.2 Å². The summed E-state index contributed by atoms with van der Waals surface area (Å²) in [5, 5.41) is 6.11. The first-order valence-electron chi connectivity index (χ1n) is 17.2. The van der Waals surface area contributed by atoms with Gasteiger partial charge in [-0.25, -0.2) is 9.59 Å². The molecule has 0 spiro atoms. The lowest BCUT2D eigenvalue weighted by atomic mass is 9.87. The van der Waals surface area contributed by atoms with Gasteiger partial charge in [0.15, 0.2) is 0 Å². The molecule has 0 bridgehead atoms. The largest absolute Gasteiger partial charge is 0.465 e. The van der Waals surface area contributed by atoms with Crippen LogP contribution in [-0.2, 0) is 31.9 Å². The van der Waals surface area contributed by atoms with E-state index in [0.29, 0.717) is 17.8 Å². The predicted molar refractivity (Wildman–Crippen MR) is 195 cm³/mol. The lowest BCUT2D eigenvalue weighted by Crippen LogP contribution is -2.55. The van der Waals surface area contributed by atoms with Crippen molar-refractivity contribution in [2.45, 2.75) is 89.3 Å². The number of benzene rings is 3. The maximum atomic E-state index is 14.4. The van der Waals surface area contributed by atoms with Crippen molar-refractivity contribution in [3.8, 4) is 11.8 Å². The van der Waals surface area contributed by atoms with Gasteiger partial charge < -0.3 is 25.0 Å². The predicted octanol–water partition coefficient (Wildman–Crippen LogP) is 5.96. The topological polar surface area (TPSA) is 114 Å². The molecule has 0 radical (unpaired) electrons. The van der Waals surface area contributed by atoms with Crippen molar-refractivity contribution in [3.05, 3.63) is 106 Å². The minimum Gasteiger partial charge on any atom is -0.465 e. The summed E-state index contributed by atoms with van der Waals surface area (Å²) >= 11 is 0. The average molecular weight is 694 g/mol. The molecule has 50 heavy (non-hydrogen) atoms. The van der Waals surface area contributed by atoms with Crippen LogP contribution in [0.25, 0.3) is 0 Å². The summed E-state index contributed by atoms with van der Waals surface area (Å²) in [4.78, 5) is 54.8. The summed E-state index contributed by atoms with van der Waals surface area (Å²) in [5.41, 5.74) is 4.44. The number of nitrogens with one attached hydrogen (secondary N) is 2. The van der Waals surface area contributed by atoms with Gasteiger partial charge >= 0.3 is 12.1 Å². The maximum absolute atomic E-state index is 14.4. The van der Waals surface area contributed by atoms with Gasteiger partial charge in [-0.3, -0.25) is 9.59 Å². The Bertz CT molecular complexity index is 1790. The molecule has 3 atom stereocenters. The first-order valence-corrected chi connectivity index (χ1v) is 20.6. The number of aryl methyl sites for hydroxylation is 1. The molecule has 5 rings (SSSR count). The molecule has 9 nitrogen and oxygen atoms in total.